The lowest BCUT2D eigenvalue weighted by Gasteiger charge is -2.22. The number of aliphatic imine (C=N–C) groups is 1. The maximum atomic E-state index is 4.35. The van der Waals surface area contributed by atoms with Gasteiger partial charge in [-0.05, 0) is 19.4 Å². The van der Waals surface area contributed by atoms with E-state index in [-0.39, 0.29) is 0 Å². The molecule has 2 aromatic rings. The highest BCUT2D eigenvalue weighted by atomic mass is 32.1. The molecule has 4 nitrogen and oxygen atoms in total. The predicted octanol–water partition coefficient (Wildman–Crippen LogP) is 2.97. The van der Waals surface area contributed by atoms with Gasteiger partial charge < -0.3 is 10.2 Å². The second-order valence-electron chi connectivity index (χ2n) is 5.10. The van der Waals surface area contributed by atoms with Gasteiger partial charge >= 0.3 is 0 Å². The molecule has 21 heavy (non-hydrogen) atoms. The van der Waals surface area contributed by atoms with Crippen molar-refractivity contribution >= 4 is 17.3 Å². The van der Waals surface area contributed by atoms with E-state index in [1.807, 2.05) is 19.5 Å². The van der Waals surface area contributed by atoms with Crippen molar-refractivity contribution in [1.29, 1.82) is 0 Å². The van der Waals surface area contributed by atoms with Gasteiger partial charge in [0.1, 0.15) is 0 Å². The van der Waals surface area contributed by atoms with E-state index >= 15 is 0 Å². The highest BCUT2D eigenvalue weighted by Gasteiger charge is 2.08. The molecule has 0 aliphatic carbocycles. The molecule has 1 aromatic carbocycles. The van der Waals surface area contributed by atoms with Crippen LogP contribution in [0.2, 0.25) is 0 Å². The molecule has 0 aliphatic heterocycles. The summed E-state index contributed by atoms with van der Waals surface area (Å²) >= 11 is 1.67. The lowest BCUT2D eigenvalue weighted by Crippen LogP contribution is -2.38. The standard InChI is InChI=1S/C16H22N4S/c1-12-5-7-14(8-6-12)10-20(4)16(17-3)18-9-15-13(2)19-11-21-15/h5-8,11H,9-10H2,1-4H3,(H,17,18). The number of benzene rings is 1. The number of nitrogens with one attached hydrogen (secondary N) is 1. The Hall–Kier alpha value is -1.88. The first-order chi connectivity index (χ1) is 10.1. The molecule has 0 unspecified atom stereocenters. The Bertz CT molecular complexity index is 601. The Morgan fingerprint density at radius 2 is 2.00 bits per heavy atom. The SMILES string of the molecule is CN=C(NCc1scnc1C)N(C)Cc1ccc(C)cc1. The quantitative estimate of drug-likeness (QED) is 0.697. The Morgan fingerprint density at radius 1 is 1.29 bits per heavy atom. The molecule has 0 fully saturated rings. The molecule has 0 saturated heterocycles. The molecule has 0 atom stereocenters. The molecule has 0 radical (unpaired) electrons. The predicted molar refractivity (Wildman–Crippen MR) is 89.7 cm³/mol. The third-order valence-electron chi connectivity index (χ3n) is 3.37. The summed E-state index contributed by atoms with van der Waals surface area (Å²) in [5, 5.41) is 3.39. The van der Waals surface area contributed by atoms with Crippen molar-refractivity contribution in [3.05, 3.63) is 51.5 Å². The van der Waals surface area contributed by atoms with E-state index < -0.39 is 0 Å². The summed E-state index contributed by atoms with van der Waals surface area (Å²) in [6, 6.07) is 8.60. The summed E-state index contributed by atoms with van der Waals surface area (Å²) in [4.78, 5) is 12.0. The minimum Gasteiger partial charge on any atom is -0.351 e. The van der Waals surface area contributed by atoms with Crippen LogP contribution in [0.4, 0.5) is 0 Å². The fraction of sp³-hybridized carbons (Fsp3) is 0.375. The average molecular weight is 302 g/mol. The van der Waals surface area contributed by atoms with Crippen molar-refractivity contribution in [3.8, 4) is 0 Å². The number of hydrogen-bond donors (Lipinski definition) is 1. The first-order valence-electron chi connectivity index (χ1n) is 6.96. The van der Waals surface area contributed by atoms with E-state index in [4.69, 9.17) is 0 Å². The molecule has 0 aliphatic rings. The van der Waals surface area contributed by atoms with Gasteiger partial charge in [0.2, 0.25) is 0 Å². The van der Waals surface area contributed by atoms with Crippen LogP contribution in [0.25, 0.3) is 0 Å². The van der Waals surface area contributed by atoms with Crippen LogP contribution in [0.1, 0.15) is 21.7 Å². The molecule has 2 rings (SSSR count). The zero-order valence-corrected chi connectivity index (χ0v) is 13.9. The van der Waals surface area contributed by atoms with Gasteiger partial charge in [0.25, 0.3) is 0 Å². The first kappa shape index (κ1) is 15.5. The maximum absolute atomic E-state index is 4.35. The van der Waals surface area contributed by atoms with Gasteiger partial charge in [-0.15, -0.1) is 11.3 Å². The van der Waals surface area contributed by atoms with Crippen LogP contribution in [-0.2, 0) is 13.1 Å². The number of aromatic nitrogens is 1. The number of nitrogens with zero attached hydrogens (tertiary/aromatic N) is 3. The third-order valence-corrected chi connectivity index (χ3v) is 4.30. The van der Waals surface area contributed by atoms with Crippen LogP contribution in [0.5, 0.6) is 0 Å². The van der Waals surface area contributed by atoms with E-state index in [1.165, 1.54) is 16.0 Å². The number of guanidine groups is 1. The van der Waals surface area contributed by atoms with Gasteiger partial charge in [0.05, 0.1) is 17.7 Å². The molecule has 1 aromatic heterocycles. The van der Waals surface area contributed by atoms with Gasteiger partial charge in [-0.3, -0.25) is 4.99 Å². The fourth-order valence-corrected chi connectivity index (χ4v) is 2.80. The molecule has 0 bridgehead atoms. The van der Waals surface area contributed by atoms with Crippen molar-refractivity contribution < 1.29 is 0 Å². The number of thiazole rings is 1. The molecule has 5 heteroatoms. The highest BCUT2D eigenvalue weighted by Crippen LogP contribution is 2.11. The molecule has 0 amide bonds. The molecule has 0 saturated carbocycles. The summed E-state index contributed by atoms with van der Waals surface area (Å²) in [6.45, 7) is 5.74. The summed E-state index contributed by atoms with van der Waals surface area (Å²) < 4.78 is 0. The van der Waals surface area contributed by atoms with E-state index in [9.17, 15) is 0 Å². The second kappa shape index (κ2) is 7.22. The zero-order valence-electron chi connectivity index (χ0n) is 13.1. The van der Waals surface area contributed by atoms with Crippen LogP contribution < -0.4 is 5.32 Å². The van der Waals surface area contributed by atoms with E-state index in [2.05, 4.69) is 58.4 Å². The zero-order chi connectivity index (χ0) is 15.2. The summed E-state index contributed by atoms with van der Waals surface area (Å²) in [5.74, 6) is 0.892. The summed E-state index contributed by atoms with van der Waals surface area (Å²) in [5.41, 5.74) is 5.53. The molecule has 0 spiro atoms. The maximum Gasteiger partial charge on any atom is 0.193 e. The van der Waals surface area contributed by atoms with Gasteiger partial charge in [-0.25, -0.2) is 4.98 Å². The Balaban J connectivity index is 1.94. The second-order valence-corrected chi connectivity index (χ2v) is 6.04. The minimum atomic E-state index is 0.765. The van der Waals surface area contributed by atoms with E-state index in [0.29, 0.717) is 0 Å². The largest absolute Gasteiger partial charge is 0.351 e. The van der Waals surface area contributed by atoms with Crippen molar-refractivity contribution in [2.24, 2.45) is 4.99 Å². The minimum absolute atomic E-state index is 0.765. The van der Waals surface area contributed by atoms with E-state index in [0.717, 1.165) is 24.7 Å². The lowest BCUT2D eigenvalue weighted by molar-refractivity contribution is 0.477. The van der Waals surface area contributed by atoms with Gasteiger partial charge in [0, 0.05) is 25.5 Å². The van der Waals surface area contributed by atoms with Crippen LogP contribution in [0.3, 0.4) is 0 Å². The van der Waals surface area contributed by atoms with Crippen LogP contribution in [0.15, 0.2) is 34.8 Å². The average Bonchev–Trinajstić information content (AvgIpc) is 2.88. The normalized spacial score (nSPS) is 11.5. The Labute approximate surface area is 130 Å². The Kier molecular flexibility index (Phi) is 5.33. The van der Waals surface area contributed by atoms with Crippen molar-refractivity contribution in [2.75, 3.05) is 14.1 Å². The Morgan fingerprint density at radius 3 is 2.57 bits per heavy atom. The number of aryl methyl sites for hydroxylation is 2. The van der Waals surface area contributed by atoms with Crippen LogP contribution >= 0.6 is 11.3 Å². The summed E-state index contributed by atoms with van der Waals surface area (Å²) in [6.07, 6.45) is 0. The third kappa shape index (κ3) is 4.29. The van der Waals surface area contributed by atoms with Crippen LogP contribution in [0, 0.1) is 13.8 Å². The van der Waals surface area contributed by atoms with Gasteiger partial charge in [-0.2, -0.15) is 0 Å². The first-order valence-corrected chi connectivity index (χ1v) is 7.84. The molecule has 1 N–H and O–H groups in total. The van der Waals surface area contributed by atoms with Gasteiger partial charge in [-0.1, -0.05) is 29.8 Å². The lowest BCUT2D eigenvalue weighted by atomic mass is 10.1. The molecule has 1 heterocycles. The van der Waals surface area contributed by atoms with Crippen LogP contribution in [-0.4, -0.2) is 29.9 Å². The number of hydrogen-bond acceptors (Lipinski definition) is 3. The fourth-order valence-electron chi connectivity index (χ4n) is 2.08. The highest BCUT2D eigenvalue weighted by molar-refractivity contribution is 7.09. The molecular weight excluding hydrogens is 280 g/mol. The van der Waals surface area contributed by atoms with Crippen molar-refractivity contribution in [1.82, 2.24) is 15.2 Å². The van der Waals surface area contributed by atoms with Crippen molar-refractivity contribution in [2.45, 2.75) is 26.9 Å². The summed E-state index contributed by atoms with van der Waals surface area (Å²) in [7, 11) is 3.86. The van der Waals surface area contributed by atoms with Gasteiger partial charge in [0.15, 0.2) is 5.96 Å². The monoisotopic (exact) mass is 302 g/mol. The molecule has 112 valence electrons. The van der Waals surface area contributed by atoms with E-state index in [1.54, 1.807) is 11.3 Å². The molecular formula is C16H22N4S. The smallest absolute Gasteiger partial charge is 0.193 e. The topological polar surface area (TPSA) is 40.5 Å². The van der Waals surface area contributed by atoms with Crippen molar-refractivity contribution in [3.63, 3.8) is 0 Å². The number of rotatable bonds is 4.